The third-order valence-electron chi connectivity index (χ3n) is 4.38. The molecular weight excluding hydrogens is 252 g/mol. The highest BCUT2D eigenvalue weighted by molar-refractivity contribution is 5.33. The standard InChI is InChI=1S/C15H18N4O/c1-4-16-14(17-5-1)19-6-3-15(12-19)10-18(11-15)8-13-2-7-20-9-13/h1-2,4-5,7,9H,3,6,8,10-12H2. The maximum atomic E-state index is 5.12. The van der Waals surface area contributed by atoms with Gasteiger partial charge in [-0.25, -0.2) is 9.97 Å². The summed E-state index contributed by atoms with van der Waals surface area (Å²) in [5.74, 6) is 0.873. The summed E-state index contributed by atoms with van der Waals surface area (Å²) < 4.78 is 5.12. The zero-order chi connectivity index (χ0) is 13.4. The summed E-state index contributed by atoms with van der Waals surface area (Å²) in [7, 11) is 0. The Labute approximate surface area is 118 Å². The number of nitrogens with zero attached hydrogens (tertiary/aromatic N) is 4. The van der Waals surface area contributed by atoms with Crippen LogP contribution < -0.4 is 4.90 Å². The molecule has 5 heteroatoms. The lowest BCUT2D eigenvalue weighted by molar-refractivity contribution is 0.0115. The van der Waals surface area contributed by atoms with Crippen molar-refractivity contribution in [1.29, 1.82) is 0 Å². The van der Waals surface area contributed by atoms with Gasteiger partial charge in [-0.2, -0.15) is 0 Å². The highest BCUT2D eigenvalue weighted by atomic mass is 16.3. The number of aromatic nitrogens is 2. The van der Waals surface area contributed by atoms with Gasteiger partial charge < -0.3 is 9.32 Å². The molecule has 2 aromatic heterocycles. The molecule has 0 saturated carbocycles. The first-order valence-corrected chi connectivity index (χ1v) is 7.08. The number of furan rings is 1. The zero-order valence-corrected chi connectivity index (χ0v) is 11.4. The van der Waals surface area contributed by atoms with Crippen molar-refractivity contribution in [3.05, 3.63) is 42.6 Å². The van der Waals surface area contributed by atoms with Crippen LogP contribution in [0.1, 0.15) is 12.0 Å². The Hall–Kier alpha value is -1.88. The maximum absolute atomic E-state index is 5.12. The van der Waals surface area contributed by atoms with E-state index in [1.54, 1.807) is 6.26 Å². The van der Waals surface area contributed by atoms with Crippen molar-refractivity contribution in [3.8, 4) is 0 Å². The van der Waals surface area contributed by atoms with Crippen LogP contribution in [-0.2, 0) is 6.54 Å². The van der Waals surface area contributed by atoms with Gasteiger partial charge in [-0.1, -0.05) is 0 Å². The first-order valence-electron chi connectivity index (χ1n) is 7.08. The summed E-state index contributed by atoms with van der Waals surface area (Å²) in [6.07, 6.45) is 8.46. The minimum atomic E-state index is 0.447. The van der Waals surface area contributed by atoms with Gasteiger partial charge in [0.05, 0.1) is 12.5 Å². The maximum Gasteiger partial charge on any atom is 0.225 e. The second kappa shape index (κ2) is 4.59. The summed E-state index contributed by atoms with van der Waals surface area (Å²) >= 11 is 0. The lowest BCUT2D eigenvalue weighted by Crippen LogP contribution is -2.56. The number of hydrogen-bond donors (Lipinski definition) is 0. The predicted molar refractivity (Wildman–Crippen MR) is 75.3 cm³/mol. The number of likely N-dealkylation sites (tertiary alicyclic amines) is 1. The minimum absolute atomic E-state index is 0.447. The SMILES string of the molecule is c1cnc(N2CCC3(CN(Cc4ccoc4)C3)C2)nc1. The Balaban J connectivity index is 1.36. The van der Waals surface area contributed by atoms with E-state index in [9.17, 15) is 0 Å². The molecule has 0 N–H and O–H groups in total. The molecule has 0 aromatic carbocycles. The van der Waals surface area contributed by atoms with Crippen LogP contribution in [-0.4, -0.2) is 41.0 Å². The average Bonchev–Trinajstić information content (AvgIpc) is 3.09. The van der Waals surface area contributed by atoms with E-state index in [1.807, 2.05) is 30.8 Å². The predicted octanol–water partition coefficient (Wildman–Crippen LogP) is 1.78. The molecule has 104 valence electrons. The fourth-order valence-corrected chi connectivity index (χ4v) is 3.47. The topological polar surface area (TPSA) is 45.4 Å². The molecule has 2 aromatic rings. The molecule has 2 fully saturated rings. The van der Waals surface area contributed by atoms with Gasteiger partial charge in [-0.15, -0.1) is 0 Å². The average molecular weight is 270 g/mol. The largest absolute Gasteiger partial charge is 0.472 e. The van der Waals surface area contributed by atoms with Crippen LogP contribution in [0.25, 0.3) is 0 Å². The molecule has 2 aliphatic rings. The van der Waals surface area contributed by atoms with Gasteiger partial charge in [0.2, 0.25) is 5.95 Å². The summed E-state index contributed by atoms with van der Waals surface area (Å²) in [6, 6.07) is 3.91. The molecule has 0 radical (unpaired) electrons. The van der Waals surface area contributed by atoms with Crippen molar-refractivity contribution < 1.29 is 4.42 Å². The summed E-state index contributed by atoms with van der Waals surface area (Å²) in [5, 5.41) is 0. The smallest absolute Gasteiger partial charge is 0.225 e. The third-order valence-corrected chi connectivity index (χ3v) is 4.38. The van der Waals surface area contributed by atoms with Crippen LogP contribution >= 0.6 is 0 Å². The van der Waals surface area contributed by atoms with E-state index < -0.39 is 0 Å². The number of anilines is 1. The Bertz CT molecular complexity index is 563. The molecule has 0 amide bonds. The molecule has 4 heterocycles. The normalized spacial score (nSPS) is 21.3. The Morgan fingerprint density at radius 2 is 2.05 bits per heavy atom. The van der Waals surface area contributed by atoms with E-state index >= 15 is 0 Å². The van der Waals surface area contributed by atoms with E-state index in [0.29, 0.717) is 5.41 Å². The van der Waals surface area contributed by atoms with Gasteiger partial charge in [0.25, 0.3) is 0 Å². The van der Waals surface area contributed by atoms with E-state index in [0.717, 1.165) is 25.6 Å². The van der Waals surface area contributed by atoms with Crippen molar-refractivity contribution in [2.45, 2.75) is 13.0 Å². The molecule has 2 aliphatic heterocycles. The molecule has 0 unspecified atom stereocenters. The third kappa shape index (κ3) is 2.08. The van der Waals surface area contributed by atoms with Crippen molar-refractivity contribution in [2.75, 3.05) is 31.1 Å². The van der Waals surface area contributed by atoms with Crippen LogP contribution in [0, 0.1) is 5.41 Å². The summed E-state index contributed by atoms with van der Waals surface area (Å²) in [4.78, 5) is 13.5. The fraction of sp³-hybridized carbons (Fsp3) is 0.467. The fourth-order valence-electron chi connectivity index (χ4n) is 3.47. The minimum Gasteiger partial charge on any atom is -0.472 e. The van der Waals surface area contributed by atoms with Gasteiger partial charge in [0.15, 0.2) is 0 Å². The molecule has 0 atom stereocenters. The second-order valence-corrected chi connectivity index (χ2v) is 6.00. The molecule has 20 heavy (non-hydrogen) atoms. The Morgan fingerprint density at radius 3 is 2.80 bits per heavy atom. The lowest BCUT2D eigenvalue weighted by atomic mass is 9.79. The van der Waals surface area contributed by atoms with Gasteiger partial charge >= 0.3 is 0 Å². The van der Waals surface area contributed by atoms with E-state index in [4.69, 9.17) is 4.42 Å². The number of hydrogen-bond acceptors (Lipinski definition) is 5. The van der Waals surface area contributed by atoms with E-state index in [-0.39, 0.29) is 0 Å². The Kier molecular flexibility index (Phi) is 2.73. The summed E-state index contributed by atoms with van der Waals surface area (Å²) in [5.41, 5.74) is 1.71. The van der Waals surface area contributed by atoms with Crippen LogP contribution in [0.15, 0.2) is 41.5 Å². The molecule has 0 bridgehead atoms. The van der Waals surface area contributed by atoms with Gasteiger partial charge in [0, 0.05) is 56.1 Å². The van der Waals surface area contributed by atoms with E-state index in [2.05, 4.69) is 19.8 Å². The lowest BCUT2D eigenvalue weighted by Gasteiger charge is -2.48. The van der Waals surface area contributed by atoms with Crippen LogP contribution in [0.4, 0.5) is 5.95 Å². The van der Waals surface area contributed by atoms with Gasteiger partial charge in [-0.3, -0.25) is 4.90 Å². The van der Waals surface area contributed by atoms with Crippen molar-refractivity contribution in [3.63, 3.8) is 0 Å². The first-order chi connectivity index (χ1) is 9.83. The monoisotopic (exact) mass is 270 g/mol. The van der Waals surface area contributed by atoms with Gasteiger partial charge in [0.1, 0.15) is 0 Å². The highest BCUT2D eigenvalue weighted by Crippen LogP contribution is 2.40. The summed E-state index contributed by atoms with van der Waals surface area (Å²) in [6.45, 7) is 5.49. The van der Waals surface area contributed by atoms with Crippen molar-refractivity contribution >= 4 is 5.95 Å². The van der Waals surface area contributed by atoms with Crippen LogP contribution in [0.2, 0.25) is 0 Å². The quantitative estimate of drug-likeness (QED) is 0.850. The van der Waals surface area contributed by atoms with Crippen molar-refractivity contribution in [2.24, 2.45) is 5.41 Å². The molecule has 0 aliphatic carbocycles. The van der Waals surface area contributed by atoms with Gasteiger partial charge in [-0.05, 0) is 18.6 Å². The Morgan fingerprint density at radius 1 is 1.20 bits per heavy atom. The molecular formula is C15H18N4O. The molecule has 4 rings (SSSR count). The van der Waals surface area contributed by atoms with Crippen LogP contribution in [0.5, 0.6) is 0 Å². The van der Waals surface area contributed by atoms with Crippen LogP contribution in [0.3, 0.4) is 0 Å². The highest BCUT2D eigenvalue weighted by Gasteiger charge is 2.47. The number of rotatable bonds is 3. The van der Waals surface area contributed by atoms with E-state index in [1.165, 1.54) is 25.1 Å². The molecule has 2 saturated heterocycles. The second-order valence-electron chi connectivity index (χ2n) is 6.00. The molecule has 1 spiro atoms. The zero-order valence-electron chi connectivity index (χ0n) is 11.4. The molecule has 5 nitrogen and oxygen atoms in total. The van der Waals surface area contributed by atoms with Crippen molar-refractivity contribution in [1.82, 2.24) is 14.9 Å². The first kappa shape index (κ1) is 11.9.